The molecule has 0 saturated heterocycles. The van der Waals surface area contributed by atoms with Gasteiger partial charge in [-0.2, -0.15) is 0 Å². The Kier molecular flexibility index (Phi) is 3.66. The SMILES string of the molecule is COc1cc(Br)c(OC)c(O)c1I. The molecule has 3 nitrogen and oxygen atoms in total. The maximum Gasteiger partial charge on any atom is 0.176 e. The maximum atomic E-state index is 9.65. The lowest BCUT2D eigenvalue weighted by molar-refractivity contribution is 0.360. The van der Waals surface area contributed by atoms with Crippen molar-refractivity contribution < 1.29 is 14.6 Å². The van der Waals surface area contributed by atoms with Crippen molar-refractivity contribution in [3.05, 3.63) is 14.1 Å². The molecule has 1 rings (SSSR count). The Balaban J connectivity index is 3.37. The van der Waals surface area contributed by atoms with Crippen LogP contribution in [0.5, 0.6) is 17.2 Å². The van der Waals surface area contributed by atoms with Gasteiger partial charge in [-0.3, -0.25) is 0 Å². The Hall–Kier alpha value is -0.170. The minimum atomic E-state index is 0.0920. The van der Waals surface area contributed by atoms with Crippen molar-refractivity contribution in [3.63, 3.8) is 0 Å². The summed E-state index contributed by atoms with van der Waals surface area (Å²) >= 11 is 5.26. The molecule has 0 radical (unpaired) electrons. The first-order valence-electron chi connectivity index (χ1n) is 3.40. The number of ether oxygens (including phenoxy) is 2. The fourth-order valence-corrected chi connectivity index (χ4v) is 2.09. The first kappa shape index (κ1) is 10.9. The van der Waals surface area contributed by atoms with Crippen LogP contribution in [0.25, 0.3) is 0 Å². The molecule has 0 atom stereocenters. The van der Waals surface area contributed by atoms with E-state index in [1.54, 1.807) is 13.2 Å². The number of halogens is 2. The third kappa shape index (κ3) is 2.01. The van der Waals surface area contributed by atoms with Crippen molar-refractivity contribution in [2.75, 3.05) is 14.2 Å². The monoisotopic (exact) mass is 358 g/mol. The van der Waals surface area contributed by atoms with Crippen LogP contribution in [0, 0.1) is 3.57 Å². The van der Waals surface area contributed by atoms with Gasteiger partial charge in [0.25, 0.3) is 0 Å². The van der Waals surface area contributed by atoms with Gasteiger partial charge in [0.2, 0.25) is 0 Å². The normalized spacial score (nSPS) is 9.85. The zero-order chi connectivity index (χ0) is 10.0. The van der Waals surface area contributed by atoms with Crippen LogP contribution in [0.4, 0.5) is 0 Å². The molecule has 1 aromatic rings. The van der Waals surface area contributed by atoms with Gasteiger partial charge in [0.05, 0.1) is 18.7 Å². The van der Waals surface area contributed by atoms with Crippen molar-refractivity contribution in [3.8, 4) is 17.2 Å². The highest BCUT2D eigenvalue weighted by Gasteiger charge is 2.15. The number of hydrogen-bond donors (Lipinski definition) is 1. The number of phenols is 1. The summed E-state index contributed by atoms with van der Waals surface area (Å²) in [5.41, 5.74) is 0. The lowest BCUT2D eigenvalue weighted by Gasteiger charge is -2.10. The minimum absolute atomic E-state index is 0.0920. The van der Waals surface area contributed by atoms with E-state index < -0.39 is 0 Å². The van der Waals surface area contributed by atoms with Crippen LogP contribution >= 0.6 is 38.5 Å². The number of benzene rings is 1. The summed E-state index contributed by atoms with van der Waals surface area (Å²) in [5, 5.41) is 9.65. The summed E-state index contributed by atoms with van der Waals surface area (Å²) in [7, 11) is 3.05. The summed E-state index contributed by atoms with van der Waals surface area (Å²) < 4.78 is 11.4. The number of methoxy groups -OCH3 is 2. The van der Waals surface area contributed by atoms with E-state index in [4.69, 9.17) is 9.47 Å². The smallest absolute Gasteiger partial charge is 0.176 e. The summed E-state index contributed by atoms with van der Waals surface area (Å²) in [6, 6.07) is 1.75. The second-order valence-electron chi connectivity index (χ2n) is 2.26. The Morgan fingerprint density at radius 1 is 1.38 bits per heavy atom. The standard InChI is InChI=1S/C8H8BrIO3/c1-12-5-3-4(9)8(13-2)7(11)6(5)10/h3,11H,1-2H3. The van der Waals surface area contributed by atoms with Crippen molar-refractivity contribution >= 4 is 38.5 Å². The van der Waals surface area contributed by atoms with E-state index in [0.29, 0.717) is 19.5 Å². The first-order valence-corrected chi connectivity index (χ1v) is 5.28. The molecule has 13 heavy (non-hydrogen) atoms. The average molecular weight is 359 g/mol. The molecule has 0 aliphatic heterocycles. The minimum Gasteiger partial charge on any atom is -0.503 e. The van der Waals surface area contributed by atoms with Crippen molar-refractivity contribution in [1.29, 1.82) is 0 Å². The van der Waals surface area contributed by atoms with Gasteiger partial charge >= 0.3 is 0 Å². The summed E-state index contributed by atoms with van der Waals surface area (Å²) in [6.07, 6.45) is 0. The van der Waals surface area contributed by atoms with Gasteiger partial charge in [-0.25, -0.2) is 0 Å². The lowest BCUT2D eigenvalue weighted by Crippen LogP contribution is -1.92. The molecule has 0 heterocycles. The molecule has 0 spiro atoms. The van der Waals surface area contributed by atoms with Gasteiger partial charge in [0, 0.05) is 0 Å². The van der Waals surface area contributed by atoms with Crippen molar-refractivity contribution in [1.82, 2.24) is 0 Å². The molecule has 0 fully saturated rings. The molecule has 1 N–H and O–H groups in total. The summed E-state index contributed by atoms with van der Waals surface area (Å²) in [4.78, 5) is 0. The van der Waals surface area contributed by atoms with Crippen LogP contribution in [0.2, 0.25) is 0 Å². The molecule has 0 aromatic heterocycles. The summed E-state index contributed by atoms with van der Waals surface area (Å²) in [5.74, 6) is 1.13. The van der Waals surface area contributed by atoms with Gasteiger partial charge < -0.3 is 14.6 Å². The van der Waals surface area contributed by atoms with Crippen LogP contribution in [-0.4, -0.2) is 19.3 Å². The van der Waals surface area contributed by atoms with Crippen LogP contribution in [0.1, 0.15) is 0 Å². The number of hydrogen-bond acceptors (Lipinski definition) is 3. The van der Waals surface area contributed by atoms with Crippen LogP contribution in [0.15, 0.2) is 10.5 Å². The molecule has 0 saturated carbocycles. The summed E-state index contributed by atoms with van der Waals surface area (Å²) in [6.45, 7) is 0. The van der Waals surface area contributed by atoms with Crippen LogP contribution < -0.4 is 9.47 Å². The van der Waals surface area contributed by atoms with E-state index in [9.17, 15) is 5.11 Å². The Morgan fingerprint density at radius 3 is 2.46 bits per heavy atom. The molecule has 72 valence electrons. The predicted molar refractivity (Wildman–Crippen MR) is 61.6 cm³/mol. The van der Waals surface area contributed by atoms with E-state index in [1.807, 2.05) is 22.6 Å². The van der Waals surface area contributed by atoms with Gasteiger partial charge in [-0.05, 0) is 44.6 Å². The van der Waals surface area contributed by atoms with E-state index in [-0.39, 0.29) is 5.75 Å². The van der Waals surface area contributed by atoms with Crippen LogP contribution in [-0.2, 0) is 0 Å². The van der Waals surface area contributed by atoms with E-state index >= 15 is 0 Å². The first-order chi connectivity index (χ1) is 6.11. The molecular weight excluding hydrogens is 351 g/mol. The second-order valence-corrected chi connectivity index (χ2v) is 4.19. The molecule has 5 heteroatoms. The topological polar surface area (TPSA) is 38.7 Å². The highest BCUT2D eigenvalue weighted by molar-refractivity contribution is 14.1. The highest BCUT2D eigenvalue weighted by atomic mass is 127. The van der Waals surface area contributed by atoms with E-state index in [0.717, 1.165) is 0 Å². The van der Waals surface area contributed by atoms with Crippen molar-refractivity contribution in [2.45, 2.75) is 0 Å². The Bertz CT molecular complexity index is 328. The number of phenolic OH excluding ortho intramolecular Hbond substituents is 1. The zero-order valence-corrected chi connectivity index (χ0v) is 10.8. The highest BCUT2D eigenvalue weighted by Crippen LogP contribution is 2.42. The third-order valence-electron chi connectivity index (χ3n) is 1.54. The van der Waals surface area contributed by atoms with Gasteiger partial charge in [0.15, 0.2) is 11.5 Å². The molecule has 1 aromatic carbocycles. The van der Waals surface area contributed by atoms with E-state index in [2.05, 4.69) is 15.9 Å². The zero-order valence-electron chi connectivity index (χ0n) is 7.10. The predicted octanol–water partition coefficient (Wildman–Crippen LogP) is 2.78. The quantitative estimate of drug-likeness (QED) is 0.826. The van der Waals surface area contributed by atoms with Gasteiger partial charge in [0.1, 0.15) is 9.32 Å². The number of rotatable bonds is 2. The third-order valence-corrected chi connectivity index (χ3v) is 3.17. The fraction of sp³-hybridized carbons (Fsp3) is 0.250. The number of aromatic hydroxyl groups is 1. The Labute approximate surface area is 98.3 Å². The molecule has 0 bridgehead atoms. The molecule has 0 aliphatic carbocycles. The molecule has 0 amide bonds. The second kappa shape index (κ2) is 4.36. The molecular formula is C8H8BrIO3. The fourth-order valence-electron chi connectivity index (χ4n) is 0.916. The van der Waals surface area contributed by atoms with Crippen molar-refractivity contribution in [2.24, 2.45) is 0 Å². The largest absolute Gasteiger partial charge is 0.503 e. The Morgan fingerprint density at radius 2 is 2.00 bits per heavy atom. The van der Waals surface area contributed by atoms with Gasteiger partial charge in [-0.15, -0.1) is 0 Å². The van der Waals surface area contributed by atoms with E-state index in [1.165, 1.54) is 7.11 Å². The van der Waals surface area contributed by atoms with Crippen LogP contribution in [0.3, 0.4) is 0 Å². The molecule has 0 aliphatic rings. The average Bonchev–Trinajstić information content (AvgIpc) is 2.12. The lowest BCUT2D eigenvalue weighted by atomic mass is 10.3. The maximum absolute atomic E-state index is 9.65. The molecule has 0 unspecified atom stereocenters. The van der Waals surface area contributed by atoms with Gasteiger partial charge in [-0.1, -0.05) is 0 Å².